The Kier molecular flexibility index (Phi) is 8.19. The van der Waals surface area contributed by atoms with E-state index in [1.807, 2.05) is 45.0 Å². The summed E-state index contributed by atoms with van der Waals surface area (Å²) < 4.78 is 18.5. The molecule has 0 aromatic heterocycles. The van der Waals surface area contributed by atoms with Crippen LogP contribution in [0.5, 0.6) is 5.75 Å². The van der Waals surface area contributed by atoms with Crippen molar-refractivity contribution >= 4 is 11.8 Å². The molecule has 0 aliphatic heterocycles. The molecule has 2 aromatic rings. The monoisotopic (exact) mass is 400 g/mol. The van der Waals surface area contributed by atoms with Gasteiger partial charge in [-0.1, -0.05) is 43.7 Å². The first-order chi connectivity index (χ1) is 13.8. The van der Waals surface area contributed by atoms with Crippen molar-refractivity contribution in [3.8, 4) is 5.75 Å². The maximum absolute atomic E-state index is 13.0. The van der Waals surface area contributed by atoms with Gasteiger partial charge >= 0.3 is 0 Å². The van der Waals surface area contributed by atoms with Crippen molar-refractivity contribution in [1.82, 2.24) is 10.2 Å². The van der Waals surface area contributed by atoms with Gasteiger partial charge in [0.05, 0.1) is 0 Å². The molecule has 5 nitrogen and oxygen atoms in total. The first kappa shape index (κ1) is 22.4. The first-order valence-corrected chi connectivity index (χ1v) is 9.77. The third kappa shape index (κ3) is 7.22. The number of amides is 2. The number of ether oxygens (including phenoxy) is 1. The molecule has 0 unspecified atom stereocenters. The predicted molar refractivity (Wildman–Crippen MR) is 111 cm³/mol. The van der Waals surface area contributed by atoms with Crippen molar-refractivity contribution < 1.29 is 18.7 Å². The molecule has 2 amide bonds. The van der Waals surface area contributed by atoms with Crippen molar-refractivity contribution in [3.05, 3.63) is 65.5 Å². The van der Waals surface area contributed by atoms with E-state index in [-0.39, 0.29) is 24.2 Å². The molecule has 29 heavy (non-hydrogen) atoms. The van der Waals surface area contributed by atoms with Gasteiger partial charge in [0.2, 0.25) is 5.91 Å². The average Bonchev–Trinajstić information content (AvgIpc) is 2.69. The van der Waals surface area contributed by atoms with Crippen molar-refractivity contribution in [2.24, 2.45) is 5.92 Å². The van der Waals surface area contributed by atoms with Crippen LogP contribution >= 0.6 is 0 Å². The van der Waals surface area contributed by atoms with Crippen LogP contribution in [0.3, 0.4) is 0 Å². The third-order valence-corrected chi connectivity index (χ3v) is 4.46. The van der Waals surface area contributed by atoms with E-state index in [9.17, 15) is 14.0 Å². The van der Waals surface area contributed by atoms with Gasteiger partial charge in [-0.25, -0.2) is 4.39 Å². The Labute approximate surface area is 171 Å². The lowest BCUT2D eigenvalue weighted by Gasteiger charge is -2.29. The number of nitrogens with zero attached hydrogens (tertiary/aromatic N) is 1. The van der Waals surface area contributed by atoms with Crippen LogP contribution in [0.15, 0.2) is 48.5 Å². The van der Waals surface area contributed by atoms with Crippen LogP contribution in [0.2, 0.25) is 0 Å². The fraction of sp³-hybridized carbons (Fsp3) is 0.391. The third-order valence-electron chi connectivity index (χ3n) is 4.46. The largest absolute Gasteiger partial charge is 0.484 e. The van der Waals surface area contributed by atoms with Crippen LogP contribution in [0.1, 0.15) is 31.9 Å². The maximum Gasteiger partial charge on any atom is 0.261 e. The molecule has 2 aromatic carbocycles. The zero-order chi connectivity index (χ0) is 21.4. The molecule has 0 saturated heterocycles. The standard InChI is InChI=1S/C23H29FN2O3/c1-16(2)13-25-23(28)18(4)26(14-19-7-5-6-17(3)12-19)22(27)15-29-21-10-8-20(24)9-11-21/h5-12,16,18H,13-15H2,1-4H3,(H,25,28)/t18-/m1/s1. The summed E-state index contributed by atoms with van der Waals surface area (Å²) in [6.45, 7) is 8.31. The summed E-state index contributed by atoms with van der Waals surface area (Å²) in [4.78, 5) is 27.0. The second kappa shape index (κ2) is 10.6. The van der Waals surface area contributed by atoms with Crippen LogP contribution in [-0.4, -0.2) is 35.9 Å². The Balaban J connectivity index is 2.12. The topological polar surface area (TPSA) is 58.6 Å². The zero-order valence-electron chi connectivity index (χ0n) is 17.4. The lowest BCUT2D eigenvalue weighted by molar-refractivity contribution is -0.142. The summed E-state index contributed by atoms with van der Waals surface area (Å²) in [5, 5.41) is 2.88. The average molecular weight is 400 g/mol. The van der Waals surface area contributed by atoms with Gasteiger partial charge < -0.3 is 15.0 Å². The van der Waals surface area contributed by atoms with E-state index in [0.717, 1.165) is 11.1 Å². The van der Waals surface area contributed by atoms with E-state index in [2.05, 4.69) is 5.32 Å². The zero-order valence-corrected chi connectivity index (χ0v) is 17.4. The fourth-order valence-corrected chi connectivity index (χ4v) is 2.80. The number of rotatable bonds is 9. The Morgan fingerprint density at radius 1 is 1.10 bits per heavy atom. The number of halogens is 1. The number of aryl methyl sites for hydroxylation is 1. The number of benzene rings is 2. The Morgan fingerprint density at radius 2 is 1.79 bits per heavy atom. The van der Waals surface area contributed by atoms with E-state index in [1.165, 1.54) is 29.2 Å². The number of hydrogen-bond acceptors (Lipinski definition) is 3. The molecule has 1 N–H and O–H groups in total. The van der Waals surface area contributed by atoms with Gasteiger partial charge in [0, 0.05) is 13.1 Å². The van der Waals surface area contributed by atoms with Gasteiger partial charge in [-0.15, -0.1) is 0 Å². The minimum atomic E-state index is -0.654. The molecule has 6 heteroatoms. The molecule has 156 valence electrons. The molecule has 0 heterocycles. The minimum Gasteiger partial charge on any atom is -0.484 e. The second-order valence-corrected chi connectivity index (χ2v) is 7.57. The molecule has 0 radical (unpaired) electrons. The normalized spacial score (nSPS) is 11.8. The van der Waals surface area contributed by atoms with Gasteiger partial charge in [-0.2, -0.15) is 0 Å². The molecule has 0 aliphatic rings. The van der Waals surface area contributed by atoms with E-state index < -0.39 is 6.04 Å². The van der Waals surface area contributed by atoms with E-state index in [1.54, 1.807) is 6.92 Å². The van der Waals surface area contributed by atoms with Crippen LogP contribution in [0.4, 0.5) is 4.39 Å². The summed E-state index contributed by atoms with van der Waals surface area (Å²) in [5.41, 5.74) is 2.01. The van der Waals surface area contributed by atoms with E-state index in [0.29, 0.717) is 24.8 Å². The van der Waals surface area contributed by atoms with Gasteiger partial charge in [0.15, 0.2) is 6.61 Å². The predicted octanol–water partition coefficient (Wildman–Crippen LogP) is 3.70. The van der Waals surface area contributed by atoms with E-state index >= 15 is 0 Å². The number of hydrogen-bond donors (Lipinski definition) is 1. The van der Waals surface area contributed by atoms with Crippen molar-refractivity contribution in [2.45, 2.75) is 40.3 Å². The van der Waals surface area contributed by atoms with Gasteiger partial charge in [0.1, 0.15) is 17.6 Å². The first-order valence-electron chi connectivity index (χ1n) is 9.77. The van der Waals surface area contributed by atoms with Crippen LogP contribution < -0.4 is 10.1 Å². The Morgan fingerprint density at radius 3 is 2.41 bits per heavy atom. The molecule has 0 saturated carbocycles. The Bertz CT molecular complexity index is 821. The van der Waals surface area contributed by atoms with Crippen LogP contribution in [0.25, 0.3) is 0 Å². The van der Waals surface area contributed by atoms with Crippen LogP contribution in [-0.2, 0) is 16.1 Å². The number of carbonyl (C=O) groups is 2. The van der Waals surface area contributed by atoms with Gasteiger partial charge in [0.25, 0.3) is 5.91 Å². The lowest BCUT2D eigenvalue weighted by Crippen LogP contribution is -2.49. The number of nitrogens with one attached hydrogen (secondary N) is 1. The smallest absolute Gasteiger partial charge is 0.261 e. The highest BCUT2D eigenvalue weighted by atomic mass is 19.1. The molecule has 0 bridgehead atoms. The summed E-state index contributed by atoms with van der Waals surface area (Å²) in [6, 6.07) is 12.6. The van der Waals surface area contributed by atoms with Crippen molar-refractivity contribution in [2.75, 3.05) is 13.2 Å². The summed E-state index contributed by atoms with van der Waals surface area (Å²) in [5.74, 6) is -0.189. The second-order valence-electron chi connectivity index (χ2n) is 7.57. The highest BCUT2D eigenvalue weighted by Crippen LogP contribution is 2.14. The highest BCUT2D eigenvalue weighted by molar-refractivity contribution is 5.87. The van der Waals surface area contributed by atoms with E-state index in [4.69, 9.17) is 4.74 Å². The SMILES string of the molecule is Cc1cccc(CN(C(=O)COc2ccc(F)cc2)[C@H](C)C(=O)NCC(C)C)c1. The van der Waals surface area contributed by atoms with Crippen molar-refractivity contribution in [3.63, 3.8) is 0 Å². The quantitative estimate of drug-likeness (QED) is 0.698. The molecule has 0 fully saturated rings. The van der Waals surface area contributed by atoms with Crippen LogP contribution in [0, 0.1) is 18.7 Å². The molecule has 2 rings (SSSR count). The molecule has 0 spiro atoms. The highest BCUT2D eigenvalue weighted by Gasteiger charge is 2.26. The lowest BCUT2D eigenvalue weighted by atomic mass is 10.1. The maximum atomic E-state index is 13.0. The number of carbonyl (C=O) groups excluding carboxylic acids is 2. The molecule has 1 atom stereocenters. The molecule has 0 aliphatic carbocycles. The van der Waals surface area contributed by atoms with Gasteiger partial charge in [-0.05, 0) is 49.6 Å². The molecular weight excluding hydrogens is 371 g/mol. The summed E-state index contributed by atoms with van der Waals surface area (Å²) in [7, 11) is 0. The van der Waals surface area contributed by atoms with Crippen molar-refractivity contribution in [1.29, 1.82) is 0 Å². The fourth-order valence-electron chi connectivity index (χ4n) is 2.80. The molecular formula is C23H29FN2O3. The minimum absolute atomic E-state index is 0.207. The summed E-state index contributed by atoms with van der Waals surface area (Å²) >= 11 is 0. The van der Waals surface area contributed by atoms with Gasteiger partial charge in [-0.3, -0.25) is 9.59 Å². The Hall–Kier alpha value is -2.89. The summed E-state index contributed by atoms with van der Waals surface area (Å²) in [6.07, 6.45) is 0.